The van der Waals surface area contributed by atoms with Gasteiger partial charge >= 0.3 is 5.97 Å². The number of rotatable bonds is 5. The van der Waals surface area contributed by atoms with Crippen molar-refractivity contribution in [2.45, 2.75) is 78.0 Å². The smallest absolute Gasteiger partial charge is 0.370 e. The number of carboxylic acid groups (broad SMARTS) is 1. The number of carbonyl (C=O) groups is 1. The van der Waals surface area contributed by atoms with Gasteiger partial charge in [0.05, 0.1) is 37.1 Å². The fourth-order valence-electron chi connectivity index (χ4n) is 3.88. The van der Waals surface area contributed by atoms with Crippen LogP contribution in [0.3, 0.4) is 0 Å². The first-order chi connectivity index (χ1) is 12.2. The molecule has 156 valence electrons. The second kappa shape index (κ2) is 7.35. The lowest BCUT2D eigenvalue weighted by molar-refractivity contribution is -0.255. The van der Waals surface area contributed by atoms with Crippen LogP contribution in [0.1, 0.15) is 48.5 Å². The molecule has 1 fully saturated rings. The lowest BCUT2D eigenvalue weighted by Crippen LogP contribution is -2.61. The largest absolute Gasteiger partial charge is 0.478 e. The van der Waals surface area contributed by atoms with E-state index >= 15 is 0 Å². The predicted octanol–water partition coefficient (Wildman–Crippen LogP) is 1.96. The molecule has 0 bridgehead atoms. The van der Waals surface area contributed by atoms with Crippen LogP contribution in [0.15, 0.2) is 11.8 Å². The summed E-state index contributed by atoms with van der Waals surface area (Å²) in [6, 6.07) is 0. The van der Waals surface area contributed by atoms with Crippen molar-refractivity contribution >= 4 is 5.97 Å². The number of hydrogen-bond donors (Lipinski definition) is 3. The summed E-state index contributed by atoms with van der Waals surface area (Å²) in [6.45, 7) is 13.6. The number of aliphatic hydroxyl groups is 2. The molecule has 0 amide bonds. The highest BCUT2D eigenvalue weighted by Gasteiger charge is 2.53. The third-order valence-corrected chi connectivity index (χ3v) is 6.81. The molecule has 27 heavy (non-hydrogen) atoms. The van der Waals surface area contributed by atoms with Crippen molar-refractivity contribution in [3.05, 3.63) is 11.8 Å². The van der Waals surface area contributed by atoms with Gasteiger partial charge in [-0.3, -0.25) is 0 Å². The van der Waals surface area contributed by atoms with Crippen LogP contribution >= 0.6 is 0 Å². The fraction of sp³-hybridized carbons (Fsp3) is 0.850. The van der Waals surface area contributed by atoms with Crippen molar-refractivity contribution in [2.24, 2.45) is 17.3 Å². The summed E-state index contributed by atoms with van der Waals surface area (Å²) in [6.07, 6.45) is -0.567. The molecule has 2 aliphatic heterocycles. The van der Waals surface area contributed by atoms with Gasteiger partial charge in [-0.25, -0.2) is 4.79 Å². The summed E-state index contributed by atoms with van der Waals surface area (Å²) >= 11 is 0. The summed E-state index contributed by atoms with van der Waals surface area (Å²) in [7, 11) is 0. The van der Waals surface area contributed by atoms with E-state index in [0.29, 0.717) is 0 Å². The molecule has 7 atom stereocenters. The minimum atomic E-state index is -1.22. The van der Waals surface area contributed by atoms with Crippen LogP contribution in [-0.4, -0.2) is 64.0 Å². The molecule has 3 N–H and O–H groups in total. The molecule has 0 aromatic rings. The molecule has 7 heteroatoms. The zero-order valence-corrected chi connectivity index (χ0v) is 17.4. The summed E-state index contributed by atoms with van der Waals surface area (Å²) < 4.78 is 17.7. The summed E-state index contributed by atoms with van der Waals surface area (Å²) in [4.78, 5) is 11.3. The van der Waals surface area contributed by atoms with Gasteiger partial charge < -0.3 is 29.5 Å². The Morgan fingerprint density at radius 2 is 1.70 bits per heavy atom. The van der Waals surface area contributed by atoms with Gasteiger partial charge in [-0.2, -0.15) is 0 Å². The van der Waals surface area contributed by atoms with E-state index in [9.17, 15) is 20.1 Å². The highest BCUT2D eigenvalue weighted by Crippen LogP contribution is 2.45. The second-order valence-corrected chi connectivity index (χ2v) is 9.13. The predicted molar refractivity (Wildman–Crippen MR) is 99.1 cm³/mol. The van der Waals surface area contributed by atoms with Gasteiger partial charge in [-0.1, -0.05) is 20.8 Å². The Morgan fingerprint density at radius 3 is 2.26 bits per heavy atom. The summed E-state index contributed by atoms with van der Waals surface area (Å²) in [5.74, 6) is -1.93. The van der Waals surface area contributed by atoms with Gasteiger partial charge in [-0.15, -0.1) is 0 Å². The summed E-state index contributed by atoms with van der Waals surface area (Å²) in [5, 5.41) is 30.3. The van der Waals surface area contributed by atoms with Gasteiger partial charge in [-0.05, 0) is 33.8 Å². The monoisotopic (exact) mass is 386 g/mol. The Bertz CT molecular complexity index is 601. The van der Waals surface area contributed by atoms with E-state index < -0.39 is 34.8 Å². The zero-order valence-electron chi connectivity index (χ0n) is 17.4. The molecule has 7 nitrogen and oxygen atoms in total. The summed E-state index contributed by atoms with van der Waals surface area (Å²) in [5.41, 5.74) is -2.04. The number of aliphatic carboxylic acids is 1. The molecule has 1 saturated heterocycles. The molecule has 2 aliphatic rings. The molecule has 0 aliphatic carbocycles. The molecule has 2 rings (SSSR count). The highest BCUT2D eigenvalue weighted by molar-refractivity contribution is 5.84. The first kappa shape index (κ1) is 22.1. The SMILES string of the molecule is CC1[C@@H](O)[C@](C)(COC[C@@]2(C)OC(C(=O)O)=C[C@H](O)C2C)C(C)OC1(C)C. The zero-order chi connectivity index (χ0) is 20.8. The molecule has 0 aromatic carbocycles. The molecular formula is C20H34O7. The number of ether oxygens (including phenoxy) is 3. The van der Waals surface area contributed by atoms with Gasteiger partial charge in [0.25, 0.3) is 0 Å². The van der Waals surface area contributed by atoms with E-state index in [2.05, 4.69) is 0 Å². The van der Waals surface area contributed by atoms with Gasteiger partial charge in [0.15, 0.2) is 0 Å². The van der Waals surface area contributed by atoms with Crippen molar-refractivity contribution < 1.29 is 34.3 Å². The Hall–Kier alpha value is -1.15. The van der Waals surface area contributed by atoms with Crippen molar-refractivity contribution in [1.82, 2.24) is 0 Å². The minimum Gasteiger partial charge on any atom is -0.478 e. The van der Waals surface area contributed by atoms with Crippen LogP contribution in [-0.2, 0) is 19.0 Å². The van der Waals surface area contributed by atoms with Crippen LogP contribution in [0.5, 0.6) is 0 Å². The topological polar surface area (TPSA) is 105 Å². The van der Waals surface area contributed by atoms with Crippen LogP contribution in [0.25, 0.3) is 0 Å². The van der Waals surface area contributed by atoms with Crippen LogP contribution < -0.4 is 0 Å². The average Bonchev–Trinajstić information content (AvgIpc) is 2.56. The number of hydrogen-bond acceptors (Lipinski definition) is 6. The van der Waals surface area contributed by atoms with Crippen molar-refractivity contribution in [2.75, 3.05) is 13.2 Å². The normalized spacial score (nSPS) is 44.3. The molecular weight excluding hydrogens is 352 g/mol. The van der Waals surface area contributed by atoms with E-state index in [4.69, 9.17) is 14.2 Å². The van der Waals surface area contributed by atoms with Crippen molar-refractivity contribution in [1.29, 1.82) is 0 Å². The van der Waals surface area contributed by atoms with Gasteiger partial charge in [0.1, 0.15) is 5.60 Å². The van der Waals surface area contributed by atoms with Crippen LogP contribution in [0.4, 0.5) is 0 Å². The standard InChI is InChI=1S/C20H34O7/c1-11-14(21)8-15(17(23)24)27-20(11,7)10-25-9-19(6)13(3)26-18(4,5)12(2)16(19)22/h8,11-14,16,21-22H,9-10H2,1-7H3,(H,23,24)/t11?,12?,13?,14-,16+,19+,20+/m0/s1. The highest BCUT2D eigenvalue weighted by atomic mass is 16.6. The lowest BCUT2D eigenvalue weighted by atomic mass is 9.68. The fourth-order valence-corrected chi connectivity index (χ4v) is 3.88. The molecule has 0 saturated carbocycles. The average molecular weight is 386 g/mol. The first-order valence-electron chi connectivity index (χ1n) is 9.50. The third-order valence-electron chi connectivity index (χ3n) is 6.81. The van der Waals surface area contributed by atoms with Crippen molar-refractivity contribution in [3.63, 3.8) is 0 Å². The van der Waals surface area contributed by atoms with E-state index in [1.165, 1.54) is 6.08 Å². The minimum absolute atomic E-state index is 0.0777. The molecule has 0 spiro atoms. The molecule has 0 aromatic heterocycles. The van der Waals surface area contributed by atoms with E-state index in [0.717, 1.165) is 0 Å². The molecule has 2 heterocycles. The number of aliphatic hydroxyl groups excluding tert-OH is 2. The molecule has 3 unspecified atom stereocenters. The Balaban J connectivity index is 2.08. The Kier molecular flexibility index (Phi) is 6.03. The van der Waals surface area contributed by atoms with Gasteiger partial charge in [0, 0.05) is 17.3 Å². The Labute approximate surface area is 161 Å². The maximum Gasteiger partial charge on any atom is 0.370 e. The van der Waals surface area contributed by atoms with Crippen LogP contribution in [0.2, 0.25) is 0 Å². The van der Waals surface area contributed by atoms with E-state index in [1.807, 2.05) is 34.6 Å². The maximum atomic E-state index is 11.3. The lowest BCUT2D eigenvalue weighted by Gasteiger charge is -2.53. The van der Waals surface area contributed by atoms with Crippen LogP contribution in [0, 0.1) is 17.3 Å². The molecule has 0 radical (unpaired) electrons. The third kappa shape index (κ3) is 4.01. The Morgan fingerprint density at radius 1 is 1.11 bits per heavy atom. The quantitative estimate of drug-likeness (QED) is 0.663. The number of carboxylic acids is 1. The van der Waals surface area contributed by atoms with Gasteiger partial charge in [0.2, 0.25) is 5.76 Å². The maximum absolute atomic E-state index is 11.3. The van der Waals surface area contributed by atoms with Crippen molar-refractivity contribution in [3.8, 4) is 0 Å². The van der Waals surface area contributed by atoms with E-state index in [-0.39, 0.29) is 36.9 Å². The second-order valence-electron chi connectivity index (χ2n) is 9.13. The first-order valence-corrected chi connectivity index (χ1v) is 9.50. The van der Waals surface area contributed by atoms with E-state index in [1.54, 1.807) is 13.8 Å².